The van der Waals surface area contributed by atoms with E-state index in [4.69, 9.17) is 4.74 Å². The van der Waals surface area contributed by atoms with Crippen molar-refractivity contribution < 1.29 is 31.1 Å². The number of alkyl halides is 6. The van der Waals surface area contributed by atoms with Gasteiger partial charge in [-0.05, 0) is 55.7 Å². The summed E-state index contributed by atoms with van der Waals surface area (Å²) in [7, 11) is 0. The van der Waals surface area contributed by atoms with Crippen molar-refractivity contribution in [2.45, 2.75) is 103 Å². The second kappa shape index (κ2) is 9.09. The molecule has 1 nitrogen and oxygen atoms in total. The third kappa shape index (κ3) is 5.51. The van der Waals surface area contributed by atoms with E-state index in [-0.39, 0.29) is 17.7 Å². The van der Waals surface area contributed by atoms with Crippen LogP contribution >= 0.6 is 0 Å². The Labute approximate surface area is 176 Å². The van der Waals surface area contributed by atoms with E-state index in [1.165, 1.54) is 12.1 Å². The maximum Gasteiger partial charge on any atom is 0.421 e. The van der Waals surface area contributed by atoms with E-state index in [9.17, 15) is 26.3 Å². The predicted molar refractivity (Wildman–Crippen MR) is 108 cm³/mol. The van der Waals surface area contributed by atoms with E-state index in [1.807, 2.05) is 27.7 Å². The number of benzene rings is 1. The van der Waals surface area contributed by atoms with Crippen LogP contribution in [0.3, 0.4) is 0 Å². The van der Waals surface area contributed by atoms with E-state index >= 15 is 0 Å². The molecule has 0 aliphatic carbocycles. The summed E-state index contributed by atoms with van der Waals surface area (Å²) in [6, 6.07) is 3.75. The van der Waals surface area contributed by atoms with Crippen LogP contribution in [-0.2, 0) is 21.2 Å². The molecule has 0 saturated heterocycles. The number of halogens is 6. The number of hydrogen-bond acceptors (Lipinski definition) is 1. The Balaban J connectivity index is 3.72. The highest BCUT2D eigenvalue weighted by molar-refractivity contribution is 5.41. The molecular formula is C23H34F6O. The van der Waals surface area contributed by atoms with Crippen LogP contribution in [0.1, 0.15) is 90.8 Å². The molecule has 0 heterocycles. The summed E-state index contributed by atoms with van der Waals surface area (Å²) >= 11 is 0. The summed E-state index contributed by atoms with van der Waals surface area (Å²) < 4.78 is 88.9. The van der Waals surface area contributed by atoms with Crippen molar-refractivity contribution in [1.29, 1.82) is 0 Å². The van der Waals surface area contributed by atoms with Gasteiger partial charge in [0, 0.05) is 6.61 Å². The lowest BCUT2D eigenvalue weighted by molar-refractivity contribution is -0.278. The Kier molecular flexibility index (Phi) is 8.12. The molecule has 7 heteroatoms. The molecule has 1 aromatic rings. The van der Waals surface area contributed by atoms with E-state index < -0.39 is 28.8 Å². The summed E-state index contributed by atoms with van der Waals surface area (Å²) in [4.78, 5) is 0. The first-order valence-electron chi connectivity index (χ1n) is 10.4. The molecule has 1 atom stereocenters. The molecule has 0 fully saturated rings. The Morgan fingerprint density at radius 3 is 1.63 bits per heavy atom. The monoisotopic (exact) mass is 440 g/mol. The Morgan fingerprint density at radius 1 is 0.700 bits per heavy atom. The van der Waals surface area contributed by atoms with Gasteiger partial charge in [0.05, 0.1) is 5.41 Å². The maximum atomic E-state index is 14.1. The van der Waals surface area contributed by atoms with Crippen molar-refractivity contribution in [2.24, 2.45) is 0 Å². The minimum absolute atomic E-state index is 0.122. The molecule has 0 aliphatic heterocycles. The van der Waals surface area contributed by atoms with Crippen LogP contribution < -0.4 is 0 Å². The molecule has 1 aromatic carbocycles. The molecule has 0 N–H and O–H groups in total. The number of unbranched alkanes of at least 4 members (excludes halogenated alkanes) is 2. The van der Waals surface area contributed by atoms with Crippen LogP contribution in [0.15, 0.2) is 18.2 Å². The predicted octanol–water partition coefficient (Wildman–Crippen LogP) is 8.20. The van der Waals surface area contributed by atoms with Crippen LogP contribution in [-0.4, -0.2) is 19.0 Å². The molecule has 0 spiro atoms. The standard InChI is InChI=1S/C23H34F6O/c1-8-10-11-12-30-21(7,23(27,28)29)18-14-16(19(3,4)9-2)13-17(15-18)20(5,6)22(24,25)26/h13-15H,8-12H2,1-7H3. The van der Waals surface area contributed by atoms with Crippen LogP contribution in [0.25, 0.3) is 0 Å². The van der Waals surface area contributed by atoms with Crippen LogP contribution in [0, 0.1) is 0 Å². The largest absolute Gasteiger partial charge is 0.421 e. The molecule has 0 aliphatic rings. The average Bonchev–Trinajstić information content (AvgIpc) is 2.62. The van der Waals surface area contributed by atoms with Crippen LogP contribution in [0.5, 0.6) is 0 Å². The molecule has 174 valence electrons. The van der Waals surface area contributed by atoms with Gasteiger partial charge in [-0.3, -0.25) is 0 Å². The topological polar surface area (TPSA) is 9.23 Å². The van der Waals surface area contributed by atoms with E-state index in [0.29, 0.717) is 24.8 Å². The lowest BCUT2D eigenvalue weighted by atomic mass is 9.74. The zero-order valence-electron chi connectivity index (χ0n) is 18.9. The highest BCUT2D eigenvalue weighted by Crippen LogP contribution is 2.47. The first-order valence-corrected chi connectivity index (χ1v) is 10.4. The Hall–Kier alpha value is -1.24. The first-order chi connectivity index (χ1) is 13.4. The zero-order chi connectivity index (χ0) is 23.6. The van der Waals surface area contributed by atoms with Gasteiger partial charge < -0.3 is 4.74 Å². The molecule has 1 unspecified atom stereocenters. The molecule has 1 rings (SSSR count). The van der Waals surface area contributed by atoms with Crippen molar-refractivity contribution in [1.82, 2.24) is 0 Å². The SMILES string of the molecule is CCCCCOC(C)(c1cc(C(C)(C)CC)cc(C(C)(C)C(F)(F)F)c1)C(F)(F)F. The fourth-order valence-corrected chi connectivity index (χ4v) is 2.98. The van der Waals surface area contributed by atoms with Gasteiger partial charge >= 0.3 is 12.4 Å². The van der Waals surface area contributed by atoms with E-state index in [2.05, 4.69) is 0 Å². The quantitative estimate of drug-likeness (QED) is 0.278. The number of hydrogen-bond donors (Lipinski definition) is 0. The molecule has 0 bridgehead atoms. The number of rotatable bonds is 9. The second-order valence-electron chi connectivity index (χ2n) is 9.25. The highest BCUT2D eigenvalue weighted by atomic mass is 19.4. The fraction of sp³-hybridized carbons (Fsp3) is 0.739. The van der Waals surface area contributed by atoms with Crippen LogP contribution in [0.2, 0.25) is 0 Å². The van der Waals surface area contributed by atoms with Crippen molar-refractivity contribution in [3.05, 3.63) is 34.9 Å². The Bertz CT molecular complexity index is 703. The lowest BCUT2D eigenvalue weighted by Gasteiger charge is -2.37. The third-order valence-electron chi connectivity index (χ3n) is 6.26. The maximum absolute atomic E-state index is 14.1. The van der Waals surface area contributed by atoms with E-state index in [1.54, 1.807) is 0 Å². The molecule has 0 aromatic heterocycles. The summed E-state index contributed by atoms with van der Waals surface area (Å²) in [5.74, 6) is 0. The highest BCUT2D eigenvalue weighted by Gasteiger charge is 2.55. The fourth-order valence-electron chi connectivity index (χ4n) is 2.98. The molecule has 0 radical (unpaired) electrons. The normalized spacial score (nSPS) is 15.9. The van der Waals surface area contributed by atoms with Gasteiger partial charge in [-0.1, -0.05) is 58.7 Å². The summed E-state index contributed by atoms with van der Waals surface area (Å²) in [6.07, 6.45) is -6.87. The number of ether oxygens (including phenoxy) is 1. The van der Waals surface area contributed by atoms with Gasteiger partial charge in [-0.25, -0.2) is 0 Å². The average molecular weight is 441 g/mol. The summed E-state index contributed by atoms with van der Waals surface area (Å²) in [5, 5.41) is 0. The zero-order valence-corrected chi connectivity index (χ0v) is 18.9. The van der Waals surface area contributed by atoms with Gasteiger partial charge in [0.1, 0.15) is 0 Å². The van der Waals surface area contributed by atoms with Crippen molar-refractivity contribution in [3.63, 3.8) is 0 Å². The molecule has 30 heavy (non-hydrogen) atoms. The van der Waals surface area contributed by atoms with E-state index in [0.717, 1.165) is 33.3 Å². The minimum Gasteiger partial charge on any atom is -0.361 e. The minimum atomic E-state index is -4.78. The van der Waals surface area contributed by atoms with Gasteiger partial charge in [0.15, 0.2) is 5.60 Å². The molecule has 0 saturated carbocycles. The molecule has 0 amide bonds. The summed E-state index contributed by atoms with van der Waals surface area (Å²) in [6.45, 7) is 10.2. The second-order valence-corrected chi connectivity index (χ2v) is 9.25. The van der Waals surface area contributed by atoms with Gasteiger partial charge in [-0.15, -0.1) is 0 Å². The van der Waals surface area contributed by atoms with Gasteiger partial charge in [0.25, 0.3) is 0 Å². The first kappa shape index (κ1) is 26.8. The lowest BCUT2D eigenvalue weighted by Crippen LogP contribution is -2.43. The smallest absolute Gasteiger partial charge is 0.361 e. The third-order valence-corrected chi connectivity index (χ3v) is 6.26. The van der Waals surface area contributed by atoms with Crippen molar-refractivity contribution >= 4 is 0 Å². The summed E-state index contributed by atoms with van der Waals surface area (Å²) in [5.41, 5.74) is -5.66. The van der Waals surface area contributed by atoms with Crippen molar-refractivity contribution in [3.8, 4) is 0 Å². The van der Waals surface area contributed by atoms with Crippen molar-refractivity contribution in [2.75, 3.05) is 6.61 Å². The Morgan fingerprint density at radius 2 is 1.20 bits per heavy atom. The molecular weight excluding hydrogens is 406 g/mol. The van der Waals surface area contributed by atoms with Crippen LogP contribution in [0.4, 0.5) is 26.3 Å². The van der Waals surface area contributed by atoms with Gasteiger partial charge in [-0.2, -0.15) is 26.3 Å². The van der Waals surface area contributed by atoms with Gasteiger partial charge in [0.2, 0.25) is 0 Å².